The summed E-state index contributed by atoms with van der Waals surface area (Å²) in [4.78, 5) is 3.83. The monoisotopic (exact) mass is 349 g/mol. The summed E-state index contributed by atoms with van der Waals surface area (Å²) in [5, 5.41) is 0. The van der Waals surface area contributed by atoms with E-state index in [0.29, 0.717) is 11.3 Å². The summed E-state index contributed by atoms with van der Waals surface area (Å²) in [6, 6.07) is 0. The van der Waals surface area contributed by atoms with Gasteiger partial charge < -0.3 is 4.74 Å². The van der Waals surface area contributed by atoms with Crippen molar-refractivity contribution in [3.8, 4) is 0 Å². The van der Waals surface area contributed by atoms with E-state index in [9.17, 15) is 0 Å². The van der Waals surface area contributed by atoms with Gasteiger partial charge in [-0.1, -0.05) is 39.0 Å². The summed E-state index contributed by atoms with van der Waals surface area (Å²) in [5.74, 6) is 3.35. The highest BCUT2D eigenvalue weighted by Crippen LogP contribution is 2.65. The van der Waals surface area contributed by atoms with Crippen LogP contribution in [0.1, 0.15) is 59.3 Å². The van der Waals surface area contributed by atoms with E-state index in [1.165, 1.54) is 36.8 Å². The zero-order chi connectivity index (χ0) is 18.5. The summed E-state index contributed by atoms with van der Waals surface area (Å²) >= 11 is 0. The minimum atomic E-state index is 0.192. The fourth-order valence-corrected chi connectivity index (χ4v) is 6.71. The fourth-order valence-electron chi connectivity index (χ4n) is 6.71. The first-order chi connectivity index (χ1) is 12.5. The zero-order valence-corrected chi connectivity index (χ0v) is 16.6. The maximum atomic E-state index is 7.58. The molecule has 0 aromatic heterocycles. The Kier molecular flexibility index (Phi) is 4.18. The van der Waals surface area contributed by atoms with E-state index in [4.69, 9.17) is 11.3 Å². The molecular weight excluding hydrogens is 318 g/mol. The van der Waals surface area contributed by atoms with Crippen LogP contribution in [0.4, 0.5) is 0 Å². The Morgan fingerprint density at radius 1 is 1.19 bits per heavy atom. The number of ether oxygens (including phenoxy) is 1. The van der Waals surface area contributed by atoms with Crippen molar-refractivity contribution in [2.75, 3.05) is 7.11 Å². The third-order valence-corrected chi connectivity index (χ3v) is 8.24. The smallest absolute Gasteiger partial charge is 0.186 e. The molecule has 26 heavy (non-hydrogen) atoms. The van der Waals surface area contributed by atoms with Crippen LogP contribution in [0.25, 0.3) is 4.85 Å². The summed E-state index contributed by atoms with van der Waals surface area (Å²) in [6.07, 6.45) is 16.4. The molecule has 0 aromatic carbocycles. The van der Waals surface area contributed by atoms with Crippen molar-refractivity contribution in [1.82, 2.24) is 0 Å². The molecule has 0 saturated heterocycles. The highest BCUT2D eigenvalue weighted by molar-refractivity contribution is 5.45. The molecule has 4 aliphatic rings. The lowest BCUT2D eigenvalue weighted by Gasteiger charge is -2.56. The number of fused-ring (bicyclic) bond motifs is 5. The number of rotatable bonds is 2. The molecule has 0 amide bonds. The Balaban J connectivity index is 1.68. The molecule has 0 radical (unpaired) electrons. The lowest BCUT2D eigenvalue weighted by molar-refractivity contribution is -0.0107. The van der Waals surface area contributed by atoms with Crippen LogP contribution in [0.5, 0.6) is 0 Å². The van der Waals surface area contributed by atoms with Crippen molar-refractivity contribution < 1.29 is 4.74 Å². The zero-order valence-electron chi connectivity index (χ0n) is 16.6. The van der Waals surface area contributed by atoms with Crippen LogP contribution in [0.2, 0.25) is 0 Å². The van der Waals surface area contributed by atoms with Gasteiger partial charge in [-0.05, 0) is 77.9 Å². The van der Waals surface area contributed by atoms with E-state index >= 15 is 0 Å². The Hall–Kier alpha value is -1.75. The number of nitrogens with zero attached hydrogens (tertiary/aromatic N) is 1. The lowest BCUT2D eigenvalue weighted by Crippen LogP contribution is -2.48. The molecule has 5 atom stereocenters. The van der Waals surface area contributed by atoms with E-state index in [-0.39, 0.29) is 5.41 Å². The molecule has 2 heteroatoms. The largest absolute Gasteiger partial charge is 0.501 e. The van der Waals surface area contributed by atoms with Gasteiger partial charge in [0.15, 0.2) is 5.70 Å². The van der Waals surface area contributed by atoms with E-state index in [0.717, 1.165) is 36.1 Å². The lowest BCUT2D eigenvalue weighted by atomic mass is 9.48. The van der Waals surface area contributed by atoms with E-state index in [1.807, 2.05) is 13.0 Å². The van der Waals surface area contributed by atoms with Gasteiger partial charge in [-0.3, -0.25) is 0 Å². The standard InChI is InChI=1S/C24H31NO/c1-6-22(25-4)21-10-9-19-18-8-7-16-15-17(26-5)11-13-23(16,2)20(18)12-14-24(19,21)3/h6-7,10,15,18-20H,8-9,11-14H2,1-3,5H3/b22-6-/t18-,19-,20-,23-,24-/m0/s1. The summed E-state index contributed by atoms with van der Waals surface area (Å²) in [6.45, 7) is 14.5. The van der Waals surface area contributed by atoms with Crippen molar-refractivity contribution in [3.05, 3.63) is 58.3 Å². The second-order valence-electron chi connectivity index (χ2n) is 9.10. The maximum absolute atomic E-state index is 7.58. The van der Waals surface area contributed by atoms with Crippen LogP contribution in [-0.2, 0) is 4.74 Å². The molecule has 2 nitrogen and oxygen atoms in total. The number of allylic oxidation sites excluding steroid dienone is 7. The van der Waals surface area contributed by atoms with E-state index in [1.54, 1.807) is 7.11 Å². The molecule has 0 N–H and O–H groups in total. The molecule has 0 aromatic rings. The highest BCUT2D eigenvalue weighted by Gasteiger charge is 2.56. The Bertz CT molecular complexity index is 777. The molecule has 1 saturated carbocycles. The van der Waals surface area contributed by atoms with Crippen molar-refractivity contribution in [1.29, 1.82) is 0 Å². The second kappa shape index (κ2) is 6.15. The van der Waals surface area contributed by atoms with Gasteiger partial charge in [-0.15, -0.1) is 0 Å². The molecule has 138 valence electrons. The first-order valence-electron chi connectivity index (χ1n) is 10.2. The molecular formula is C24H31NO. The minimum absolute atomic E-state index is 0.192. The molecule has 0 spiro atoms. The molecule has 1 fully saturated rings. The predicted molar refractivity (Wildman–Crippen MR) is 106 cm³/mol. The van der Waals surface area contributed by atoms with E-state index < -0.39 is 0 Å². The van der Waals surface area contributed by atoms with Gasteiger partial charge in [0.1, 0.15) is 0 Å². The van der Waals surface area contributed by atoms with Gasteiger partial charge >= 0.3 is 0 Å². The van der Waals surface area contributed by atoms with Gasteiger partial charge in [0.05, 0.1) is 19.4 Å². The van der Waals surface area contributed by atoms with E-state index in [2.05, 4.69) is 36.9 Å². The molecule has 0 bridgehead atoms. The van der Waals surface area contributed by atoms with Crippen molar-refractivity contribution >= 4 is 0 Å². The topological polar surface area (TPSA) is 13.6 Å². The normalized spacial score (nSPS) is 41.7. The predicted octanol–water partition coefficient (Wildman–Crippen LogP) is 6.45. The third kappa shape index (κ3) is 2.29. The summed E-state index contributed by atoms with van der Waals surface area (Å²) in [7, 11) is 1.80. The van der Waals surface area contributed by atoms with Crippen molar-refractivity contribution in [2.45, 2.75) is 59.3 Å². The maximum Gasteiger partial charge on any atom is 0.186 e. The van der Waals surface area contributed by atoms with Crippen LogP contribution in [0.3, 0.4) is 0 Å². The molecule has 4 aliphatic carbocycles. The first kappa shape index (κ1) is 17.7. The van der Waals surface area contributed by atoms with Gasteiger partial charge in [0.25, 0.3) is 0 Å². The molecule has 0 heterocycles. The summed E-state index contributed by atoms with van der Waals surface area (Å²) in [5.41, 5.74) is 4.24. The summed E-state index contributed by atoms with van der Waals surface area (Å²) < 4.78 is 5.55. The van der Waals surface area contributed by atoms with Crippen molar-refractivity contribution in [2.24, 2.45) is 28.6 Å². The van der Waals surface area contributed by atoms with Crippen LogP contribution in [0, 0.1) is 35.2 Å². The Morgan fingerprint density at radius 3 is 2.69 bits per heavy atom. The average molecular weight is 350 g/mol. The molecule has 4 rings (SSSR count). The quantitative estimate of drug-likeness (QED) is 0.522. The van der Waals surface area contributed by atoms with Crippen LogP contribution < -0.4 is 0 Å². The Morgan fingerprint density at radius 2 is 2.00 bits per heavy atom. The van der Waals surface area contributed by atoms with Gasteiger partial charge in [0.2, 0.25) is 0 Å². The Labute approximate surface area is 158 Å². The number of methoxy groups -OCH3 is 1. The minimum Gasteiger partial charge on any atom is -0.501 e. The average Bonchev–Trinajstić information content (AvgIpc) is 2.99. The third-order valence-electron chi connectivity index (χ3n) is 8.24. The van der Waals surface area contributed by atoms with Crippen molar-refractivity contribution in [3.63, 3.8) is 0 Å². The number of hydrogen-bond donors (Lipinski definition) is 0. The van der Waals surface area contributed by atoms with Crippen LogP contribution in [-0.4, -0.2) is 7.11 Å². The van der Waals surface area contributed by atoms with Gasteiger partial charge in [-0.2, -0.15) is 0 Å². The highest BCUT2D eigenvalue weighted by atomic mass is 16.5. The number of hydrogen-bond acceptors (Lipinski definition) is 1. The van der Waals surface area contributed by atoms with Crippen LogP contribution in [0.15, 0.2) is 46.9 Å². The molecule has 0 aliphatic heterocycles. The van der Waals surface area contributed by atoms with Gasteiger partial charge in [0, 0.05) is 6.42 Å². The SMILES string of the molecule is [C-]#[N+]/C(=C\C)C1=CC[C@H]2[C@@H]3CC=C4C=C(OC)CC[C@]4(C)[C@H]3CC[C@]12C. The fraction of sp³-hybridized carbons (Fsp3) is 0.625. The second-order valence-corrected chi connectivity index (χ2v) is 9.10. The first-order valence-corrected chi connectivity index (χ1v) is 10.2. The van der Waals surface area contributed by atoms with Crippen LogP contribution >= 0.6 is 0 Å². The van der Waals surface area contributed by atoms with Gasteiger partial charge in [-0.25, -0.2) is 4.85 Å². The molecule has 0 unspecified atom stereocenters.